The average Bonchev–Trinajstić information content (AvgIpc) is 2.74. The molecule has 31 heavy (non-hydrogen) atoms. The summed E-state index contributed by atoms with van der Waals surface area (Å²) in [5.41, 5.74) is 4.55. The number of carbonyl (C=O) groups is 1. The molecule has 3 heteroatoms. The van der Waals surface area contributed by atoms with E-state index >= 15 is 0 Å². The second-order valence-electron chi connectivity index (χ2n) is 9.65. The number of rotatable bonds is 12. The molecule has 0 amide bonds. The maximum Gasteiger partial charge on any atom is 0.159 e. The number of Topliss-reactive ketones (excluding diaryl/α,β-unsaturated/α-hetero) is 1. The lowest BCUT2D eigenvalue weighted by Gasteiger charge is -2.31. The van der Waals surface area contributed by atoms with Gasteiger partial charge in [-0.1, -0.05) is 66.0 Å². The lowest BCUT2D eigenvalue weighted by Crippen LogP contribution is -2.25. The van der Waals surface area contributed by atoms with Gasteiger partial charge in [0, 0.05) is 36.8 Å². The van der Waals surface area contributed by atoms with Gasteiger partial charge in [-0.15, -0.1) is 0 Å². The van der Waals surface area contributed by atoms with Gasteiger partial charge in [0.2, 0.25) is 0 Å². The Morgan fingerprint density at radius 2 is 1.68 bits per heavy atom. The molecule has 0 heterocycles. The van der Waals surface area contributed by atoms with Crippen molar-refractivity contribution >= 4 is 17.5 Å². The molecule has 0 fully saturated rings. The molecule has 0 N–H and O–H groups in total. The smallest absolute Gasteiger partial charge is 0.159 e. The van der Waals surface area contributed by atoms with Crippen LogP contribution in [-0.4, -0.2) is 26.0 Å². The molecule has 1 aliphatic carbocycles. The summed E-state index contributed by atoms with van der Waals surface area (Å²) in [5.74, 6) is 1.22. The zero-order valence-corrected chi connectivity index (χ0v) is 20.7. The van der Waals surface area contributed by atoms with Gasteiger partial charge in [0.05, 0.1) is 7.11 Å². The minimum absolute atomic E-state index is 0.0288. The first-order valence-electron chi connectivity index (χ1n) is 12.2. The lowest BCUT2D eigenvalue weighted by molar-refractivity contribution is -0.118. The van der Waals surface area contributed by atoms with Gasteiger partial charge in [-0.25, -0.2) is 0 Å². The van der Waals surface area contributed by atoms with Crippen LogP contribution in [0.2, 0.25) is 0 Å². The van der Waals surface area contributed by atoms with Crippen molar-refractivity contribution in [1.82, 2.24) is 0 Å². The number of benzene rings is 1. The lowest BCUT2D eigenvalue weighted by atomic mass is 9.72. The number of nitrogens with zero attached hydrogens (tertiary/aromatic N) is 1. The highest BCUT2D eigenvalue weighted by molar-refractivity contribution is 5.98. The Labute approximate surface area is 190 Å². The van der Waals surface area contributed by atoms with Crippen LogP contribution in [0.1, 0.15) is 91.5 Å². The number of allylic oxidation sites excluding steroid dienone is 3. The molecule has 1 aromatic carbocycles. The van der Waals surface area contributed by atoms with Crippen LogP contribution in [-0.2, 0) is 4.79 Å². The number of hydrogen-bond acceptors (Lipinski definition) is 3. The number of carbonyl (C=O) groups excluding carboxylic acids is 1. The Bertz CT molecular complexity index is 780. The van der Waals surface area contributed by atoms with Gasteiger partial charge in [-0.3, -0.25) is 4.79 Å². The fourth-order valence-electron chi connectivity index (χ4n) is 4.41. The molecule has 1 aliphatic rings. The quantitative estimate of drug-likeness (QED) is 0.345. The van der Waals surface area contributed by atoms with Crippen LogP contribution in [0.5, 0.6) is 5.75 Å². The third kappa shape index (κ3) is 7.26. The third-order valence-corrected chi connectivity index (χ3v) is 6.14. The molecule has 0 radical (unpaired) electrons. The molecule has 0 atom stereocenters. The minimum Gasteiger partial charge on any atom is -0.496 e. The van der Waals surface area contributed by atoms with E-state index in [-0.39, 0.29) is 5.41 Å². The fourth-order valence-corrected chi connectivity index (χ4v) is 4.41. The number of ketones is 1. The molecule has 172 valence electrons. The van der Waals surface area contributed by atoms with E-state index in [4.69, 9.17) is 4.74 Å². The normalized spacial score (nSPS) is 16.3. The minimum atomic E-state index is 0.0288. The van der Waals surface area contributed by atoms with Crippen molar-refractivity contribution in [3.63, 3.8) is 0 Å². The van der Waals surface area contributed by atoms with Crippen molar-refractivity contribution in [2.75, 3.05) is 25.1 Å². The predicted octanol–water partition coefficient (Wildman–Crippen LogP) is 7.60. The molecule has 0 unspecified atom stereocenters. The number of methoxy groups -OCH3 is 1. The molecular formula is C28H43NO2. The Kier molecular flexibility index (Phi) is 9.87. The highest BCUT2D eigenvalue weighted by atomic mass is 16.5. The Balaban J connectivity index is 2.32. The zero-order valence-electron chi connectivity index (χ0n) is 20.7. The number of anilines is 1. The maximum atomic E-state index is 12.7. The van der Waals surface area contributed by atoms with E-state index < -0.39 is 0 Å². The topological polar surface area (TPSA) is 29.5 Å². The third-order valence-electron chi connectivity index (χ3n) is 6.14. The van der Waals surface area contributed by atoms with Gasteiger partial charge in [-0.05, 0) is 54.4 Å². The van der Waals surface area contributed by atoms with Crippen molar-refractivity contribution in [3.8, 4) is 5.75 Å². The van der Waals surface area contributed by atoms with Crippen molar-refractivity contribution in [3.05, 3.63) is 41.0 Å². The van der Waals surface area contributed by atoms with Crippen LogP contribution in [0, 0.1) is 5.41 Å². The molecule has 0 saturated heterocycles. The molecule has 0 aromatic heterocycles. The van der Waals surface area contributed by atoms with E-state index in [2.05, 4.69) is 69.9 Å². The van der Waals surface area contributed by atoms with Gasteiger partial charge < -0.3 is 9.64 Å². The summed E-state index contributed by atoms with van der Waals surface area (Å²) in [6.45, 7) is 13.2. The number of unbranched alkanes of at least 4 members (excludes halogenated alkanes) is 2. The Morgan fingerprint density at radius 3 is 2.26 bits per heavy atom. The highest BCUT2D eigenvalue weighted by Gasteiger charge is 2.31. The van der Waals surface area contributed by atoms with Gasteiger partial charge in [0.15, 0.2) is 5.78 Å². The van der Waals surface area contributed by atoms with Crippen molar-refractivity contribution in [1.29, 1.82) is 0 Å². The molecule has 0 bridgehead atoms. The molecular weight excluding hydrogens is 382 g/mol. The second-order valence-corrected chi connectivity index (χ2v) is 9.65. The molecule has 0 spiro atoms. The van der Waals surface area contributed by atoms with Gasteiger partial charge >= 0.3 is 0 Å². The van der Waals surface area contributed by atoms with E-state index in [1.165, 1.54) is 36.9 Å². The zero-order chi connectivity index (χ0) is 22.9. The van der Waals surface area contributed by atoms with Gasteiger partial charge in [-0.2, -0.15) is 0 Å². The first-order chi connectivity index (χ1) is 14.8. The van der Waals surface area contributed by atoms with Crippen LogP contribution in [0.15, 0.2) is 35.4 Å². The second kappa shape index (κ2) is 12.1. The van der Waals surface area contributed by atoms with Crippen LogP contribution < -0.4 is 9.64 Å². The summed E-state index contributed by atoms with van der Waals surface area (Å²) in [6, 6.07) is 6.54. The van der Waals surface area contributed by atoms with Crippen LogP contribution >= 0.6 is 0 Å². The van der Waals surface area contributed by atoms with Crippen molar-refractivity contribution in [2.24, 2.45) is 5.41 Å². The van der Waals surface area contributed by atoms with Crippen LogP contribution in [0.25, 0.3) is 6.08 Å². The first-order valence-corrected chi connectivity index (χ1v) is 12.2. The molecule has 2 rings (SSSR count). The summed E-state index contributed by atoms with van der Waals surface area (Å²) in [5, 5.41) is 0. The van der Waals surface area contributed by atoms with E-state index in [0.29, 0.717) is 12.2 Å². The fraction of sp³-hybridized carbons (Fsp3) is 0.607. The summed E-state index contributed by atoms with van der Waals surface area (Å²) in [4.78, 5) is 15.2. The van der Waals surface area contributed by atoms with Crippen molar-refractivity contribution in [2.45, 2.75) is 86.0 Å². The standard InChI is InChI=1S/C28H43NO2/c1-7-10-17-29(18-11-8-2)24-16-15-22(27(19-24)31-6)13-14-23-20-28(4,5)21-26(30)25(23)12-9-3/h13-16,19H,7-12,17-18,20-21H2,1-6H3/b14-13+. The van der Waals surface area contributed by atoms with E-state index in [1.807, 2.05) is 0 Å². The number of ether oxygens (including phenoxy) is 1. The van der Waals surface area contributed by atoms with E-state index in [0.717, 1.165) is 49.2 Å². The van der Waals surface area contributed by atoms with Crippen LogP contribution in [0.3, 0.4) is 0 Å². The Morgan fingerprint density at radius 1 is 1.00 bits per heavy atom. The monoisotopic (exact) mass is 425 g/mol. The van der Waals surface area contributed by atoms with Crippen LogP contribution in [0.4, 0.5) is 5.69 Å². The average molecular weight is 426 g/mol. The van der Waals surface area contributed by atoms with E-state index in [1.54, 1.807) is 7.11 Å². The summed E-state index contributed by atoms with van der Waals surface area (Å²) in [7, 11) is 1.74. The first kappa shape index (κ1) is 25.2. The molecule has 1 aromatic rings. The molecule has 3 nitrogen and oxygen atoms in total. The summed E-state index contributed by atoms with van der Waals surface area (Å²) < 4.78 is 5.76. The van der Waals surface area contributed by atoms with Crippen molar-refractivity contribution < 1.29 is 9.53 Å². The predicted molar refractivity (Wildman–Crippen MR) is 134 cm³/mol. The maximum absolute atomic E-state index is 12.7. The van der Waals surface area contributed by atoms with Gasteiger partial charge in [0.1, 0.15) is 5.75 Å². The molecule has 0 saturated carbocycles. The number of hydrogen-bond donors (Lipinski definition) is 0. The molecule has 0 aliphatic heterocycles. The summed E-state index contributed by atoms with van der Waals surface area (Å²) in [6.07, 6.45) is 12.6. The Hall–Kier alpha value is -2.03. The summed E-state index contributed by atoms with van der Waals surface area (Å²) >= 11 is 0. The SMILES string of the molecule is CCCCN(CCCC)c1ccc(/C=C/C2=C(CCC)C(=O)CC(C)(C)C2)c(OC)c1. The van der Waals surface area contributed by atoms with Gasteiger partial charge in [0.25, 0.3) is 0 Å². The highest BCUT2D eigenvalue weighted by Crippen LogP contribution is 2.39. The largest absolute Gasteiger partial charge is 0.496 e. The van der Waals surface area contributed by atoms with E-state index in [9.17, 15) is 4.79 Å².